The van der Waals surface area contributed by atoms with E-state index in [4.69, 9.17) is 0 Å². The Balaban J connectivity index is 1.69. The summed E-state index contributed by atoms with van der Waals surface area (Å²) in [5.74, 6) is 0. The number of hydrogen-bond donors (Lipinski definition) is 1. The molecule has 2 aromatic rings. The van der Waals surface area contributed by atoms with E-state index in [2.05, 4.69) is 32.3 Å². The Morgan fingerprint density at radius 1 is 1.40 bits per heavy atom. The summed E-state index contributed by atoms with van der Waals surface area (Å²) in [6, 6.07) is 2.82. The van der Waals surface area contributed by atoms with Gasteiger partial charge in [-0.3, -0.25) is 0 Å². The summed E-state index contributed by atoms with van der Waals surface area (Å²) < 4.78 is 0. The van der Waals surface area contributed by atoms with Crippen molar-refractivity contribution in [3.63, 3.8) is 0 Å². The van der Waals surface area contributed by atoms with E-state index in [9.17, 15) is 0 Å². The van der Waals surface area contributed by atoms with Crippen LogP contribution in [-0.2, 0) is 6.54 Å². The molecule has 15 heavy (non-hydrogen) atoms. The van der Waals surface area contributed by atoms with Crippen molar-refractivity contribution in [3.8, 4) is 10.6 Å². The highest BCUT2D eigenvalue weighted by Crippen LogP contribution is 2.26. The first-order valence-corrected chi connectivity index (χ1v) is 6.76. The smallest absolute Gasteiger partial charge is 0.148 e. The van der Waals surface area contributed by atoms with Crippen LogP contribution in [-0.4, -0.2) is 16.2 Å². The van der Waals surface area contributed by atoms with E-state index in [-0.39, 0.29) is 0 Å². The zero-order valence-electron chi connectivity index (χ0n) is 8.14. The van der Waals surface area contributed by atoms with Gasteiger partial charge in [0.1, 0.15) is 10.0 Å². The van der Waals surface area contributed by atoms with Gasteiger partial charge in [0.05, 0.1) is 0 Å². The van der Waals surface area contributed by atoms with Crippen LogP contribution in [0.15, 0.2) is 16.8 Å². The predicted octanol–water partition coefficient (Wildman–Crippen LogP) is 2.52. The molecular weight excluding hydrogens is 226 g/mol. The molecule has 3 rings (SSSR count). The number of hydrogen-bond acceptors (Lipinski definition) is 5. The summed E-state index contributed by atoms with van der Waals surface area (Å²) in [7, 11) is 0. The lowest BCUT2D eigenvalue weighted by atomic mass is 10.4. The largest absolute Gasteiger partial charge is 0.308 e. The Hall–Kier alpha value is -0.780. The van der Waals surface area contributed by atoms with Crippen LogP contribution in [0.4, 0.5) is 0 Å². The Kier molecular flexibility index (Phi) is 2.52. The maximum Gasteiger partial charge on any atom is 0.148 e. The van der Waals surface area contributed by atoms with Crippen molar-refractivity contribution in [1.29, 1.82) is 0 Å². The van der Waals surface area contributed by atoms with Crippen molar-refractivity contribution in [1.82, 2.24) is 15.5 Å². The van der Waals surface area contributed by atoms with Gasteiger partial charge in [-0.1, -0.05) is 11.3 Å². The Bertz CT molecular complexity index is 431. The molecule has 0 atom stereocenters. The molecule has 0 radical (unpaired) electrons. The van der Waals surface area contributed by atoms with E-state index in [1.807, 2.05) is 0 Å². The minimum Gasteiger partial charge on any atom is -0.308 e. The first-order valence-electron chi connectivity index (χ1n) is 5.00. The SMILES string of the molecule is c1cc(-c2nnc(CNC3CC3)s2)cs1. The van der Waals surface area contributed by atoms with Gasteiger partial charge in [0.25, 0.3) is 0 Å². The van der Waals surface area contributed by atoms with Crippen molar-refractivity contribution in [2.45, 2.75) is 25.4 Å². The van der Waals surface area contributed by atoms with Gasteiger partial charge in [0.2, 0.25) is 0 Å². The third kappa shape index (κ3) is 2.25. The van der Waals surface area contributed by atoms with Crippen molar-refractivity contribution >= 4 is 22.7 Å². The number of aromatic nitrogens is 2. The molecule has 2 heterocycles. The van der Waals surface area contributed by atoms with Gasteiger partial charge < -0.3 is 5.32 Å². The molecule has 3 nitrogen and oxygen atoms in total. The molecule has 5 heteroatoms. The summed E-state index contributed by atoms with van der Waals surface area (Å²) in [6.45, 7) is 0.868. The number of nitrogens with one attached hydrogen (secondary N) is 1. The van der Waals surface area contributed by atoms with Gasteiger partial charge in [0.15, 0.2) is 0 Å². The molecule has 0 unspecified atom stereocenters. The number of thiophene rings is 1. The molecule has 78 valence electrons. The Morgan fingerprint density at radius 3 is 3.07 bits per heavy atom. The maximum atomic E-state index is 4.19. The lowest BCUT2D eigenvalue weighted by molar-refractivity contribution is 0.679. The van der Waals surface area contributed by atoms with Crippen molar-refractivity contribution in [2.24, 2.45) is 0 Å². The third-order valence-corrected chi connectivity index (χ3v) is 4.01. The highest BCUT2D eigenvalue weighted by atomic mass is 32.1. The highest BCUT2D eigenvalue weighted by Gasteiger charge is 2.20. The topological polar surface area (TPSA) is 37.8 Å². The van der Waals surface area contributed by atoms with Gasteiger partial charge in [-0.15, -0.1) is 10.2 Å². The van der Waals surface area contributed by atoms with Crippen LogP contribution in [0.1, 0.15) is 17.8 Å². The standard InChI is InChI=1S/C10H11N3S2/c1-2-8(1)11-5-9-12-13-10(15-9)7-3-4-14-6-7/h3-4,6,8,11H,1-2,5H2. The highest BCUT2D eigenvalue weighted by molar-refractivity contribution is 7.15. The van der Waals surface area contributed by atoms with E-state index in [0.29, 0.717) is 0 Å². The minimum atomic E-state index is 0.735. The molecule has 1 N–H and O–H groups in total. The molecule has 1 aliphatic carbocycles. The molecule has 1 fully saturated rings. The molecule has 0 aromatic carbocycles. The Labute approximate surface area is 96.2 Å². The maximum absolute atomic E-state index is 4.19. The van der Waals surface area contributed by atoms with E-state index in [1.165, 1.54) is 18.4 Å². The quantitative estimate of drug-likeness (QED) is 0.888. The molecular formula is C10H11N3S2. The predicted molar refractivity (Wildman–Crippen MR) is 63.1 cm³/mol. The summed E-state index contributed by atoms with van der Waals surface area (Å²) in [5, 5.41) is 18.1. The van der Waals surface area contributed by atoms with Gasteiger partial charge in [-0.05, 0) is 24.3 Å². The summed E-state index contributed by atoms with van der Waals surface area (Å²) in [6.07, 6.45) is 2.63. The molecule has 0 aliphatic heterocycles. The van der Waals surface area contributed by atoms with Crippen LogP contribution >= 0.6 is 22.7 Å². The third-order valence-electron chi connectivity index (χ3n) is 2.35. The lowest BCUT2D eigenvalue weighted by Crippen LogP contribution is -2.14. The van der Waals surface area contributed by atoms with Crippen LogP contribution in [0, 0.1) is 0 Å². The molecule has 1 aliphatic rings. The zero-order chi connectivity index (χ0) is 10.1. The number of rotatable bonds is 4. The fourth-order valence-electron chi connectivity index (χ4n) is 1.35. The molecule has 0 spiro atoms. The number of nitrogens with zero attached hydrogens (tertiary/aromatic N) is 2. The fraction of sp³-hybridized carbons (Fsp3) is 0.400. The average Bonchev–Trinajstić information content (AvgIpc) is 2.78. The van der Waals surface area contributed by atoms with Crippen LogP contribution < -0.4 is 5.32 Å². The monoisotopic (exact) mass is 237 g/mol. The molecule has 1 saturated carbocycles. The van der Waals surface area contributed by atoms with Crippen LogP contribution in [0.2, 0.25) is 0 Å². The fourth-order valence-corrected chi connectivity index (χ4v) is 2.85. The van der Waals surface area contributed by atoms with Gasteiger partial charge in [-0.2, -0.15) is 11.3 Å². The van der Waals surface area contributed by atoms with E-state index < -0.39 is 0 Å². The van der Waals surface area contributed by atoms with Crippen molar-refractivity contribution in [2.75, 3.05) is 0 Å². The van der Waals surface area contributed by atoms with Gasteiger partial charge in [0, 0.05) is 23.5 Å². The summed E-state index contributed by atoms with van der Waals surface area (Å²) in [5.41, 5.74) is 1.19. The minimum absolute atomic E-state index is 0.735. The molecule has 2 aromatic heterocycles. The van der Waals surface area contributed by atoms with Crippen LogP contribution in [0.3, 0.4) is 0 Å². The second-order valence-electron chi connectivity index (χ2n) is 3.67. The molecule has 0 saturated heterocycles. The summed E-state index contributed by atoms with van der Waals surface area (Å²) in [4.78, 5) is 0. The first kappa shape index (κ1) is 9.45. The van der Waals surface area contributed by atoms with Crippen LogP contribution in [0.5, 0.6) is 0 Å². The normalized spacial score (nSPS) is 15.7. The summed E-state index contributed by atoms with van der Waals surface area (Å²) >= 11 is 3.38. The van der Waals surface area contributed by atoms with E-state index >= 15 is 0 Å². The molecule has 0 amide bonds. The van der Waals surface area contributed by atoms with E-state index in [1.54, 1.807) is 22.7 Å². The second kappa shape index (κ2) is 4.00. The van der Waals surface area contributed by atoms with Gasteiger partial charge in [-0.25, -0.2) is 0 Å². The van der Waals surface area contributed by atoms with Crippen LogP contribution in [0.25, 0.3) is 10.6 Å². The lowest BCUT2D eigenvalue weighted by Gasteiger charge is -1.95. The van der Waals surface area contributed by atoms with Crippen molar-refractivity contribution < 1.29 is 0 Å². The molecule has 0 bridgehead atoms. The Morgan fingerprint density at radius 2 is 2.33 bits per heavy atom. The zero-order valence-corrected chi connectivity index (χ0v) is 9.77. The van der Waals surface area contributed by atoms with Gasteiger partial charge >= 0.3 is 0 Å². The second-order valence-corrected chi connectivity index (χ2v) is 5.51. The van der Waals surface area contributed by atoms with E-state index in [0.717, 1.165) is 22.6 Å². The van der Waals surface area contributed by atoms with Crippen molar-refractivity contribution in [3.05, 3.63) is 21.8 Å². The average molecular weight is 237 g/mol. The first-order chi connectivity index (χ1) is 7.42.